The minimum Gasteiger partial charge on any atom is -0.377 e. The molecule has 9 heteroatoms. The number of imide groups is 2. The first-order chi connectivity index (χ1) is 19.9. The van der Waals surface area contributed by atoms with Crippen molar-refractivity contribution in [3.63, 3.8) is 0 Å². The zero-order valence-corrected chi connectivity index (χ0v) is 23.1. The average molecular weight is 556 g/mol. The zero-order chi connectivity index (χ0) is 28.7. The molecule has 2 aromatic rings. The lowest BCUT2D eigenvalue weighted by molar-refractivity contribution is -0.125. The van der Waals surface area contributed by atoms with Crippen LogP contribution in [0, 0.1) is 23.7 Å². The Balaban J connectivity index is 1.12. The quantitative estimate of drug-likeness (QED) is 0.395. The number of benzene rings is 2. The lowest BCUT2D eigenvalue weighted by atomic mass is 9.78. The van der Waals surface area contributed by atoms with Gasteiger partial charge in [-0.05, 0) is 37.1 Å². The fourth-order valence-electron chi connectivity index (χ4n) is 6.78. The van der Waals surface area contributed by atoms with Crippen LogP contribution in [0.25, 0.3) is 0 Å². The van der Waals surface area contributed by atoms with Gasteiger partial charge in [0.2, 0.25) is 23.6 Å². The van der Waals surface area contributed by atoms with E-state index in [4.69, 9.17) is 9.47 Å². The molecule has 2 aliphatic heterocycles. The van der Waals surface area contributed by atoms with E-state index < -0.39 is 35.9 Å². The molecular weight excluding hydrogens is 522 g/mol. The minimum absolute atomic E-state index is 0.199. The van der Waals surface area contributed by atoms with Crippen molar-refractivity contribution in [2.75, 3.05) is 37.1 Å². The topological polar surface area (TPSA) is 105 Å². The molecule has 2 heterocycles. The van der Waals surface area contributed by atoms with Crippen LogP contribution in [0.2, 0.25) is 0 Å². The predicted molar refractivity (Wildman–Crippen MR) is 152 cm³/mol. The van der Waals surface area contributed by atoms with Crippen LogP contribution in [0.15, 0.2) is 84.0 Å². The number of fused-ring (bicyclic) bond motifs is 2. The highest BCUT2D eigenvalue weighted by atomic mass is 16.5. The van der Waals surface area contributed by atoms with Crippen molar-refractivity contribution in [2.45, 2.75) is 25.0 Å². The highest BCUT2D eigenvalue weighted by Gasteiger charge is 2.54. The van der Waals surface area contributed by atoms with Crippen LogP contribution in [0.4, 0.5) is 11.4 Å². The highest BCUT2D eigenvalue weighted by molar-refractivity contribution is 6.23. The van der Waals surface area contributed by atoms with Gasteiger partial charge in [0.05, 0.1) is 47.3 Å². The van der Waals surface area contributed by atoms with Crippen molar-refractivity contribution < 1.29 is 28.7 Å². The number of amides is 4. The Bertz CT molecular complexity index is 1310. The van der Waals surface area contributed by atoms with Crippen LogP contribution >= 0.6 is 0 Å². The van der Waals surface area contributed by atoms with Crippen LogP contribution < -0.4 is 15.1 Å². The maximum Gasteiger partial charge on any atom is 0.240 e. The molecule has 0 bridgehead atoms. The van der Waals surface area contributed by atoms with E-state index in [-0.39, 0.29) is 23.6 Å². The Morgan fingerprint density at radius 1 is 0.634 bits per heavy atom. The maximum absolute atomic E-state index is 13.4. The molecule has 4 amide bonds. The third-order valence-electron chi connectivity index (χ3n) is 8.70. The van der Waals surface area contributed by atoms with Gasteiger partial charge in [-0.3, -0.25) is 19.2 Å². The van der Waals surface area contributed by atoms with Gasteiger partial charge in [0.1, 0.15) is 0 Å². The second-order valence-corrected chi connectivity index (χ2v) is 11.0. The first-order valence-corrected chi connectivity index (χ1v) is 13.9. The maximum atomic E-state index is 13.4. The Morgan fingerprint density at radius 2 is 1.02 bits per heavy atom. The van der Waals surface area contributed by atoms with Crippen LogP contribution in [0.5, 0.6) is 0 Å². The van der Waals surface area contributed by atoms with E-state index in [0.29, 0.717) is 37.3 Å². The number of rotatable bonds is 8. The Hall–Kier alpha value is -3.92. The molecule has 6 rings (SSSR count). The summed E-state index contributed by atoms with van der Waals surface area (Å²) in [6.45, 7) is 1.00. The molecule has 1 N–H and O–H groups in total. The smallest absolute Gasteiger partial charge is 0.240 e. The summed E-state index contributed by atoms with van der Waals surface area (Å²) in [5, 5.41) is 3.44. The summed E-state index contributed by atoms with van der Waals surface area (Å²) >= 11 is 0. The first-order valence-electron chi connectivity index (χ1n) is 13.9. The molecule has 9 nitrogen and oxygen atoms in total. The number of anilines is 2. The average Bonchev–Trinajstić information content (AvgIpc) is 3.41. The monoisotopic (exact) mass is 555 g/mol. The number of nitrogens with one attached hydrogen (secondary N) is 1. The molecule has 2 fully saturated rings. The van der Waals surface area contributed by atoms with Crippen molar-refractivity contribution in [1.82, 2.24) is 5.32 Å². The standard InChI is InChI=1S/C32H33N3O6/c1-40-25-15-19(13-23-27(25)31(38)34(29(23)36)21-9-5-3-6-10-21)17-33-18-20-14-24-28(26(16-20)41-2)32(39)35(30(24)37)22-11-7-4-8-12-22/h3-12,15-16,23-28,33H,13-14,17-18H2,1-2H3/t23-,24+,25+,26-,27-,28+. The van der Waals surface area contributed by atoms with Gasteiger partial charge in [0.25, 0.3) is 0 Å². The number of ether oxygens (including phenoxy) is 2. The normalized spacial score (nSPS) is 29.4. The summed E-state index contributed by atoms with van der Waals surface area (Å²) in [6, 6.07) is 18.0. The van der Waals surface area contributed by atoms with E-state index in [0.717, 1.165) is 11.1 Å². The molecule has 0 radical (unpaired) electrons. The fraction of sp³-hybridized carbons (Fsp3) is 0.375. The predicted octanol–water partition coefficient (Wildman–Crippen LogP) is 2.88. The van der Waals surface area contributed by atoms with Crippen molar-refractivity contribution in [3.05, 3.63) is 84.0 Å². The first kappa shape index (κ1) is 27.3. The van der Waals surface area contributed by atoms with E-state index in [2.05, 4.69) is 5.32 Å². The number of nitrogens with zero attached hydrogens (tertiary/aromatic N) is 2. The van der Waals surface area contributed by atoms with Gasteiger partial charge in [-0.25, -0.2) is 9.80 Å². The molecule has 2 saturated heterocycles. The lowest BCUT2D eigenvalue weighted by Gasteiger charge is -2.30. The van der Waals surface area contributed by atoms with Crippen LogP contribution in [-0.4, -0.2) is 63.1 Å². The molecule has 0 spiro atoms. The van der Waals surface area contributed by atoms with E-state index in [1.54, 1.807) is 38.5 Å². The number of hydrogen-bond donors (Lipinski definition) is 1. The molecule has 212 valence electrons. The highest BCUT2D eigenvalue weighted by Crippen LogP contribution is 2.42. The number of para-hydroxylation sites is 2. The number of carbonyl (C=O) groups is 4. The summed E-state index contributed by atoms with van der Waals surface area (Å²) in [7, 11) is 3.12. The number of carbonyl (C=O) groups excluding carboxylic acids is 4. The van der Waals surface area contributed by atoms with E-state index in [9.17, 15) is 19.2 Å². The second kappa shape index (κ2) is 11.2. The lowest BCUT2D eigenvalue weighted by Crippen LogP contribution is -2.38. The zero-order valence-electron chi connectivity index (χ0n) is 23.1. The molecule has 41 heavy (non-hydrogen) atoms. The van der Waals surface area contributed by atoms with Crippen LogP contribution in [-0.2, 0) is 28.7 Å². The molecule has 2 aromatic carbocycles. The van der Waals surface area contributed by atoms with Crippen molar-refractivity contribution in [1.29, 1.82) is 0 Å². The van der Waals surface area contributed by atoms with E-state index in [1.807, 2.05) is 48.6 Å². The molecule has 0 aromatic heterocycles. The number of methoxy groups -OCH3 is 2. The third-order valence-corrected chi connectivity index (χ3v) is 8.70. The van der Waals surface area contributed by atoms with Gasteiger partial charge < -0.3 is 14.8 Å². The summed E-state index contributed by atoms with van der Waals surface area (Å²) in [5.74, 6) is -2.90. The van der Waals surface area contributed by atoms with Crippen molar-refractivity contribution in [2.24, 2.45) is 23.7 Å². The van der Waals surface area contributed by atoms with Crippen molar-refractivity contribution >= 4 is 35.0 Å². The minimum atomic E-state index is -0.546. The van der Waals surface area contributed by atoms with Gasteiger partial charge in [0, 0.05) is 27.3 Å². The molecule has 0 unspecified atom stereocenters. The van der Waals surface area contributed by atoms with Crippen molar-refractivity contribution in [3.8, 4) is 0 Å². The van der Waals surface area contributed by atoms with Gasteiger partial charge in [0.15, 0.2) is 0 Å². The second-order valence-electron chi connectivity index (χ2n) is 11.0. The summed E-state index contributed by atoms with van der Waals surface area (Å²) < 4.78 is 11.3. The summed E-state index contributed by atoms with van der Waals surface area (Å²) in [4.78, 5) is 55.8. The molecule has 6 atom stereocenters. The van der Waals surface area contributed by atoms with Gasteiger partial charge >= 0.3 is 0 Å². The van der Waals surface area contributed by atoms with Gasteiger partial charge in [-0.15, -0.1) is 0 Å². The molecule has 4 aliphatic rings. The fourth-order valence-corrected chi connectivity index (χ4v) is 6.78. The van der Waals surface area contributed by atoms with Crippen LogP contribution in [0.1, 0.15) is 12.8 Å². The Morgan fingerprint density at radius 3 is 1.39 bits per heavy atom. The molecule has 0 saturated carbocycles. The van der Waals surface area contributed by atoms with E-state index >= 15 is 0 Å². The van der Waals surface area contributed by atoms with Gasteiger partial charge in [-0.2, -0.15) is 0 Å². The largest absolute Gasteiger partial charge is 0.377 e. The Kier molecular flexibility index (Phi) is 7.42. The Labute approximate surface area is 238 Å². The third kappa shape index (κ3) is 4.73. The molecular formula is C32H33N3O6. The SMILES string of the molecule is CO[C@H]1C=C(CNCC2=C[C@@H](OC)[C@H]3C(=O)N(c4ccccc4)C(=O)[C@H]3C2)C[C@H]2C(=O)N(c3ccccc3)C(=O)[C@@H]12. The summed E-state index contributed by atoms with van der Waals surface area (Å²) in [6.07, 6.45) is 3.86. The van der Waals surface area contributed by atoms with Crippen LogP contribution in [0.3, 0.4) is 0 Å². The molecule has 2 aliphatic carbocycles. The summed E-state index contributed by atoms with van der Waals surface area (Å²) in [5.41, 5.74) is 3.14. The number of hydrogen-bond acceptors (Lipinski definition) is 7. The van der Waals surface area contributed by atoms with E-state index in [1.165, 1.54) is 9.80 Å². The van der Waals surface area contributed by atoms with Gasteiger partial charge in [-0.1, -0.05) is 59.7 Å².